The van der Waals surface area contributed by atoms with Crippen molar-refractivity contribution in [2.45, 2.75) is 38.4 Å². The summed E-state index contributed by atoms with van der Waals surface area (Å²) >= 11 is 0. The van der Waals surface area contributed by atoms with E-state index in [-0.39, 0.29) is 35.9 Å². The molecule has 2 unspecified atom stereocenters. The first kappa shape index (κ1) is 21.7. The normalized spacial score (nSPS) is 19.3. The summed E-state index contributed by atoms with van der Waals surface area (Å²) in [5, 5.41) is 23.2. The number of fused-ring (bicyclic) bond motifs is 1. The van der Waals surface area contributed by atoms with Crippen LogP contribution in [0.4, 0.5) is 10.1 Å². The number of nitrogens with one attached hydrogen (secondary N) is 1. The average molecular weight is 433 g/mol. The molecule has 0 bridgehead atoms. The summed E-state index contributed by atoms with van der Waals surface area (Å²) in [6.45, 7) is 4.24. The Morgan fingerprint density at radius 2 is 2.12 bits per heavy atom. The standard InChI is InChI=1S/C25H24FN3O3/c1-15-10-18(16(2)28-21-7-4-3-6-17(21)24(30)31)19-12-20(23(13-27)29-22(19)11-15)25(26)8-5-9-32-14-25/h3-4,6-7,10-12,16,28H,5,8-9,14H2,1-2H3,(H,30,31). The van der Waals surface area contributed by atoms with E-state index in [1.54, 1.807) is 30.3 Å². The SMILES string of the molecule is Cc1cc(C(C)Nc2ccccc2C(=O)O)c2cc(C3(F)CCCOC3)c(C#N)nc2c1. The van der Waals surface area contributed by atoms with Crippen LogP contribution in [0.2, 0.25) is 0 Å². The molecule has 2 aromatic carbocycles. The molecule has 1 aromatic heterocycles. The molecular formula is C25H24FN3O3. The van der Waals surface area contributed by atoms with Crippen LogP contribution in [0.25, 0.3) is 10.9 Å². The molecule has 2 heterocycles. The molecule has 0 radical (unpaired) electrons. The molecule has 2 atom stereocenters. The first-order chi connectivity index (χ1) is 15.3. The van der Waals surface area contributed by atoms with Crippen LogP contribution < -0.4 is 5.32 Å². The van der Waals surface area contributed by atoms with Crippen molar-refractivity contribution < 1.29 is 19.0 Å². The van der Waals surface area contributed by atoms with Crippen molar-refractivity contribution in [1.82, 2.24) is 4.98 Å². The zero-order valence-electron chi connectivity index (χ0n) is 18.0. The van der Waals surface area contributed by atoms with Gasteiger partial charge in [0.15, 0.2) is 5.67 Å². The maximum atomic E-state index is 15.8. The van der Waals surface area contributed by atoms with Crippen LogP contribution in [0.3, 0.4) is 0 Å². The Kier molecular flexibility index (Phi) is 5.81. The number of para-hydroxylation sites is 1. The van der Waals surface area contributed by atoms with Crippen LogP contribution in [0, 0.1) is 18.3 Å². The highest BCUT2D eigenvalue weighted by Gasteiger charge is 2.38. The molecule has 0 amide bonds. The number of carboxylic acid groups (broad SMARTS) is 1. The van der Waals surface area contributed by atoms with Crippen LogP contribution in [0.1, 0.15) is 58.5 Å². The summed E-state index contributed by atoms with van der Waals surface area (Å²) < 4.78 is 21.2. The maximum Gasteiger partial charge on any atom is 0.337 e. The maximum absolute atomic E-state index is 15.8. The molecule has 0 aliphatic carbocycles. The number of aromatic nitrogens is 1. The smallest absolute Gasteiger partial charge is 0.337 e. The van der Waals surface area contributed by atoms with Crippen molar-refractivity contribution in [1.29, 1.82) is 5.26 Å². The van der Waals surface area contributed by atoms with E-state index in [4.69, 9.17) is 4.74 Å². The van der Waals surface area contributed by atoms with Crippen molar-refractivity contribution in [3.8, 4) is 6.07 Å². The first-order valence-electron chi connectivity index (χ1n) is 10.5. The van der Waals surface area contributed by atoms with E-state index >= 15 is 4.39 Å². The number of alkyl halides is 1. The number of hydrogen-bond donors (Lipinski definition) is 2. The lowest BCUT2D eigenvalue weighted by Gasteiger charge is -2.30. The van der Waals surface area contributed by atoms with Crippen molar-refractivity contribution in [3.05, 3.63) is 70.4 Å². The van der Waals surface area contributed by atoms with Crippen molar-refractivity contribution in [2.75, 3.05) is 18.5 Å². The molecule has 1 aliphatic rings. The van der Waals surface area contributed by atoms with Gasteiger partial charge in [0, 0.05) is 29.3 Å². The van der Waals surface area contributed by atoms with Crippen LogP contribution in [-0.4, -0.2) is 29.3 Å². The Hall–Kier alpha value is -3.50. The van der Waals surface area contributed by atoms with Crippen molar-refractivity contribution in [3.63, 3.8) is 0 Å². The highest BCUT2D eigenvalue weighted by Crippen LogP contribution is 2.39. The van der Waals surface area contributed by atoms with Crippen molar-refractivity contribution >= 4 is 22.6 Å². The van der Waals surface area contributed by atoms with Gasteiger partial charge >= 0.3 is 5.97 Å². The van der Waals surface area contributed by atoms with Crippen molar-refractivity contribution in [2.24, 2.45) is 0 Å². The van der Waals surface area contributed by atoms with E-state index in [0.717, 1.165) is 16.5 Å². The zero-order chi connectivity index (χ0) is 22.9. The summed E-state index contributed by atoms with van der Waals surface area (Å²) in [5.41, 5.74) is 1.59. The van der Waals surface area contributed by atoms with Gasteiger partial charge in [0.25, 0.3) is 0 Å². The van der Waals surface area contributed by atoms with Crippen LogP contribution >= 0.6 is 0 Å². The number of benzene rings is 2. The number of nitriles is 1. The second-order valence-corrected chi connectivity index (χ2v) is 8.26. The van der Waals surface area contributed by atoms with Gasteiger partial charge in [0.05, 0.1) is 17.7 Å². The molecule has 4 rings (SSSR count). The van der Waals surface area contributed by atoms with Gasteiger partial charge in [-0.2, -0.15) is 5.26 Å². The Labute approximate surface area is 185 Å². The summed E-state index contributed by atoms with van der Waals surface area (Å²) in [7, 11) is 0. The predicted molar refractivity (Wildman–Crippen MR) is 119 cm³/mol. The highest BCUT2D eigenvalue weighted by atomic mass is 19.1. The number of pyridine rings is 1. The minimum Gasteiger partial charge on any atom is -0.478 e. The molecule has 1 aliphatic heterocycles. The highest BCUT2D eigenvalue weighted by molar-refractivity contribution is 5.94. The quantitative estimate of drug-likeness (QED) is 0.570. The predicted octanol–water partition coefficient (Wildman–Crippen LogP) is 5.26. The molecule has 2 N–H and O–H groups in total. The Balaban J connectivity index is 1.83. The summed E-state index contributed by atoms with van der Waals surface area (Å²) in [6.07, 6.45) is 0.847. The van der Waals surface area contributed by atoms with Crippen LogP contribution in [-0.2, 0) is 10.4 Å². The molecule has 7 heteroatoms. The van der Waals surface area contributed by atoms with E-state index in [1.165, 1.54) is 0 Å². The number of rotatable bonds is 5. The number of hydrogen-bond acceptors (Lipinski definition) is 5. The number of aryl methyl sites for hydroxylation is 1. The van der Waals surface area contributed by atoms with E-state index < -0.39 is 11.6 Å². The second-order valence-electron chi connectivity index (χ2n) is 8.26. The Morgan fingerprint density at radius 1 is 1.34 bits per heavy atom. The molecule has 164 valence electrons. The lowest BCUT2D eigenvalue weighted by atomic mass is 9.87. The number of anilines is 1. The summed E-state index contributed by atoms with van der Waals surface area (Å²) in [4.78, 5) is 16.1. The average Bonchev–Trinajstić information content (AvgIpc) is 2.78. The number of carbonyl (C=O) groups is 1. The van der Waals surface area contributed by atoms with Gasteiger partial charge in [0.2, 0.25) is 0 Å². The first-order valence-corrected chi connectivity index (χ1v) is 10.5. The number of aromatic carboxylic acids is 1. The van der Waals surface area contributed by atoms with E-state index in [9.17, 15) is 15.2 Å². The number of halogens is 1. The molecule has 3 aromatic rings. The zero-order valence-corrected chi connectivity index (χ0v) is 18.0. The van der Waals surface area contributed by atoms with Gasteiger partial charge < -0.3 is 15.2 Å². The third-order valence-electron chi connectivity index (χ3n) is 5.89. The van der Waals surface area contributed by atoms with Gasteiger partial charge in [-0.05, 0) is 62.1 Å². The minimum absolute atomic E-state index is 0.0684. The van der Waals surface area contributed by atoms with Gasteiger partial charge in [0.1, 0.15) is 11.8 Å². The van der Waals surface area contributed by atoms with E-state index in [1.807, 2.05) is 26.0 Å². The van der Waals surface area contributed by atoms with Gasteiger partial charge in [-0.25, -0.2) is 14.2 Å². The molecule has 0 saturated carbocycles. The lowest BCUT2D eigenvalue weighted by Crippen LogP contribution is -2.32. The van der Waals surface area contributed by atoms with Crippen LogP contribution in [0.15, 0.2) is 42.5 Å². The third kappa shape index (κ3) is 4.02. The van der Waals surface area contributed by atoms with E-state index in [0.29, 0.717) is 24.2 Å². The minimum atomic E-state index is -1.76. The number of ether oxygens (including phenoxy) is 1. The number of carboxylic acids is 1. The van der Waals surface area contributed by atoms with Gasteiger partial charge in [-0.1, -0.05) is 18.2 Å². The molecule has 32 heavy (non-hydrogen) atoms. The van der Waals surface area contributed by atoms with Gasteiger partial charge in [-0.15, -0.1) is 0 Å². The Morgan fingerprint density at radius 3 is 2.81 bits per heavy atom. The summed E-state index contributed by atoms with van der Waals surface area (Å²) in [6, 6.07) is 14.0. The van der Waals surface area contributed by atoms with E-state index in [2.05, 4.69) is 16.4 Å². The second kappa shape index (κ2) is 8.56. The third-order valence-corrected chi connectivity index (χ3v) is 5.89. The largest absolute Gasteiger partial charge is 0.478 e. The molecule has 0 spiro atoms. The van der Waals surface area contributed by atoms with Gasteiger partial charge in [-0.3, -0.25) is 0 Å². The fourth-order valence-corrected chi connectivity index (χ4v) is 4.31. The lowest BCUT2D eigenvalue weighted by molar-refractivity contribution is -0.0350. The molecule has 6 nitrogen and oxygen atoms in total. The van der Waals surface area contributed by atoms with Crippen LogP contribution in [0.5, 0.6) is 0 Å². The Bertz CT molecular complexity index is 1230. The molecular weight excluding hydrogens is 409 g/mol. The summed E-state index contributed by atoms with van der Waals surface area (Å²) in [5.74, 6) is -1.02. The monoisotopic (exact) mass is 433 g/mol. The molecule has 1 fully saturated rings. The molecule has 1 saturated heterocycles. The fraction of sp³-hybridized carbons (Fsp3) is 0.320. The topological polar surface area (TPSA) is 95.2 Å². The number of nitrogens with zero attached hydrogens (tertiary/aromatic N) is 2. The fourth-order valence-electron chi connectivity index (χ4n) is 4.31.